The van der Waals surface area contributed by atoms with Crippen LogP contribution in [0.15, 0.2) is 66.4 Å². The number of nitrogens with one attached hydrogen (secondary N) is 1. The number of urea groups is 1. The molecule has 0 aliphatic carbocycles. The highest BCUT2D eigenvalue weighted by molar-refractivity contribution is 14.1. The number of aryl methyl sites for hydroxylation is 1. The van der Waals surface area contributed by atoms with Crippen molar-refractivity contribution in [2.75, 3.05) is 0 Å². The van der Waals surface area contributed by atoms with Crippen LogP contribution in [0.3, 0.4) is 0 Å². The minimum Gasteiger partial charge on any atom is -0.487 e. The molecule has 0 unspecified atom stereocenters. The molecule has 3 aromatic carbocycles. The van der Waals surface area contributed by atoms with Crippen LogP contribution >= 0.6 is 45.2 Å². The molecule has 0 spiro atoms. The second kappa shape index (κ2) is 10.2. The first kappa shape index (κ1) is 23.7. The average Bonchev–Trinajstić information content (AvgIpc) is 3.03. The molecule has 3 amide bonds. The molecule has 1 saturated heterocycles. The zero-order chi connectivity index (χ0) is 23.5. The van der Waals surface area contributed by atoms with Gasteiger partial charge in [-0.1, -0.05) is 48.0 Å². The molecule has 4 rings (SSSR count). The Morgan fingerprint density at radius 3 is 2.36 bits per heavy atom. The number of ether oxygens (including phenoxy) is 1. The lowest BCUT2D eigenvalue weighted by Gasteiger charge is -2.12. The van der Waals surface area contributed by atoms with E-state index < -0.39 is 17.8 Å². The van der Waals surface area contributed by atoms with Gasteiger partial charge in [-0.25, -0.2) is 9.18 Å². The number of imide groups is 1. The molecule has 5 nitrogen and oxygen atoms in total. The summed E-state index contributed by atoms with van der Waals surface area (Å²) in [7, 11) is 0. The monoisotopic (exact) mass is 668 g/mol. The van der Waals surface area contributed by atoms with Gasteiger partial charge in [0.15, 0.2) is 0 Å². The van der Waals surface area contributed by atoms with Gasteiger partial charge < -0.3 is 10.1 Å². The highest BCUT2D eigenvalue weighted by Gasteiger charge is 2.34. The first-order valence-electron chi connectivity index (χ1n) is 10.1. The predicted octanol–water partition coefficient (Wildman–Crippen LogP) is 6.02. The lowest BCUT2D eigenvalue weighted by Crippen LogP contribution is -2.30. The van der Waals surface area contributed by atoms with Crippen molar-refractivity contribution in [3.8, 4) is 5.75 Å². The van der Waals surface area contributed by atoms with E-state index in [1.54, 1.807) is 24.3 Å². The van der Waals surface area contributed by atoms with Gasteiger partial charge in [-0.3, -0.25) is 9.69 Å². The number of carbonyl (C=O) groups is 2. The van der Waals surface area contributed by atoms with Crippen molar-refractivity contribution in [3.05, 3.63) is 102 Å². The van der Waals surface area contributed by atoms with Gasteiger partial charge in [0.25, 0.3) is 5.91 Å². The zero-order valence-corrected chi connectivity index (χ0v) is 21.9. The Labute approximate surface area is 218 Å². The van der Waals surface area contributed by atoms with E-state index in [9.17, 15) is 14.0 Å². The fraction of sp³-hybridized carbons (Fsp3) is 0.120. The van der Waals surface area contributed by atoms with Crippen LogP contribution in [0.1, 0.15) is 22.3 Å². The number of hydrogen-bond acceptors (Lipinski definition) is 3. The number of hydrogen-bond donors (Lipinski definition) is 1. The van der Waals surface area contributed by atoms with E-state index in [2.05, 4.69) is 50.5 Å². The molecular formula is C25H19FI2N2O3. The highest BCUT2D eigenvalue weighted by atomic mass is 127. The fourth-order valence-corrected chi connectivity index (χ4v) is 5.45. The standard InChI is InChI=1S/C25H19FI2N2O3/c1-15-6-8-16(9-7-15)14-33-23-20(27)10-17(11-21(23)28)12-22-24(31)30(25(32)29-22)13-18-4-2-3-5-19(18)26/h2-12H,13-14H2,1H3,(H,29,32)/b22-12+. The van der Waals surface area contributed by atoms with Crippen molar-refractivity contribution in [1.82, 2.24) is 10.2 Å². The predicted molar refractivity (Wildman–Crippen MR) is 141 cm³/mol. The van der Waals surface area contributed by atoms with Crippen LogP contribution in [-0.4, -0.2) is 16.8 Å². The van der Waals surface area contributed by atoms with Gasteiger partial charge in [-0.2, -0.15) is 0 Å². The summed E-state index contributed by atoms with van der Waals surface area (Å²) < 4.78 is 21.8. The summed E-state index contributed by atoms with van der Waals surface area (Å²) in [6.07, 6.45) is 1.62. The molecule has 3 aromatic rings. The summed E-state index contributed by atoms with van der Waals surface area (Å²) in [5, 5.41) is 2.59. The van der Waals surface area contributed by atoms with E-state index in [1.165, 1.54) is 11.6 Å². The molecule has 1 heterocycles. The number of nitrogens with zero attached hydrogens (tertiary/aromatic N) is 1. The lowest BCUT2D eigenvalue weighted by molar-refractivity contribution is -0.123. The summed E-state index contributed by atoms with van der Waals surface area (Å²) in [4.78, 5) is 26.1. The first-order chi connectivity index (χ1) is 15.8. The van der Waals surface area contributed by atoms with Gasteiger partial charge in [0.1, 0.15) is 23.9 Å². The minimum atomic E-state index is -0.572. The molecule has 1 aliphatic heterocycles. The molecule has 33 heavy (non-hydrogen) atoms. The number of rotatable bonds is 6. The van der Waals surface area contributed by atoms with Gasteiger partial charge in [-0.15, -0.1) is 0 Å². The Kier molecular flexibility index (Phi) is 7.32. The molecule has 8 heteroatoms. The maximum Gasteiger partial charge on any atom is 0.329 e. The van der Waals surface area contributed by atoms with Crippen molar-refractivity contribution in [3.63, 3.8) is 0 Å². The molecule has 1 N–H and O–H groups in total. The van der Waals surface area contributed by atoms with Gasteiger partial charge >= 0.3 is 6.03 Å². The average molecular weight is 668 g/mol. The topological polar surface area (TPSA) is 58.6 Å². The van der Waals surface area contributed by atoms with Crippen molar-refractivity contribution < 1.29 is 18.7 Å². The van der Waals surface area contributed by atoms with Crippen LogP contribution in [0.25, 0.3) is 6.08 Å². The smallest absolute Gasteiger partial charge is 0.329 e. The largest absolute Gasteiger partial charge is 0.487 e. The normalized spacial score (nSPS) is 14.7. The quantitative estimate of drug-likeness (QED) is 0.199. The Bertz CT molecular complexity index is 1240. The van der Waals surface area contributed by atoms with Gasteiger partial charge in [0.2, 0.25) is 0 Å². The van der Waals surface area contributed by atoms with Gasteiger partial charge in [0, 0.05) is 5.56 Å². The van der Waals surface area contributed by atoms with Crippen LogP contribution in [-0.2, 0) is 17.9 Å². The van der Waals surface area contributed by atoms with Crippen LogP contribution in [0, 0.1) is 19.9 Å². The number of amides is 3. The summed E-state index contributed by atoms with van der Waals surface area (Å²) >= 11 is 4.39. The van der Waals surface area contributed by atoms with Crippen molar-refractivity contribution in [2.24, 2.45) is 0 Å². The minimum absolute atomic E-state index is 0.129. The van der Waals surface area contributed by atoms with E-state index in [0.29, 0.717) is 6.61 Å². The molecule has 0 radical (unpaired) electrons. The summed E-state index contributed by atoms with van der Waals surface area (Å²) in [5.41, 5.74) is 3.45. The Morgan fingerprint density at radius 2 is 1.70 bits per heavy atom. The van der Waals surface area contributed by atoms with E-state index in [-0.39, 0.29) is 17.8 Å². The van der Waals surface area contributed by atoms with E-state index in [4.69, 9.17) is 4.74 Å². The second-order valence-corrected chi connectivity index (χ2v) is 9.88. The maximum atomic E-state index is 14.0. The molecule has 0 bridgehead atoms. The SMILES string of the molecule is Cc1ccc(COc2c(I)cc(/C=C3/NC(=O)N(Cc4ccccc4F)C3=O)cc2I)cc1. The second-order valence-electron chi connectivity index (χ2n) is 7.56. The Balaban J connectivity index is 1.50. The third kappa shape index (κ3) is 5.55. The van der Waals surface area contributed by atoms with Crippen LogP contribution in [0.5, 0.6) is 5.75 Å². The molecule has 0 aromatic heterocycles. The van der Waals surface area contributed by atoms with Crippen molar-refractivity contribution >= 4 is 63.2 Å². The highest BCUT2D eigenvalue weighted by Crippen LogP contribution is 2.31. The fourth-order valence-electron chi connectivity index (χ4n) is 3.32. The van der Waals surface area contributed by atoms with Crippen LogP contribution < -0.4 is 10.1 Å². The molecular weight excluding hydrogens is 649 g/mol. The Hall–Kier alpha value is -2.47. The number of carbonyl (C=O) groups excluding carboxylic acids is 2. The number of halogens is 3. The van der Waals surface area contributed by atoms with Crippen molar-refractivity contribution in [2.45, 2.75) is 20.1 Å². The van der Waals surface area contributed by atoms with Gasteiger partial charge in [-0.05, 0) is 87.5 Å². The van der Waals surface area contributed by atoms with Crippen LogP contribution in [0.4, 0.5) is 9.18 Å². The third-order valence-electron chi connectivity index (χ3n) is 5.08. The third-order valence-corrected chi connectivity index (χ3v) is 6.69. The molecule has 1 fully saturated rings. The Morgan fingerprint density at radius 1 is 1.03 bits per heavy atom. The molecule has 0 atom stereocenters. The van der Waals surface area contributed by atoms with Crippen molar-refractivity contribution in [1.29, 1.82) is 0 Å². The molecule has 168 valence electrons. The van der Waals surface area contributed by atoms with E-state index in [0.717, 1.165) is 28.9 Å². The summed E-state index contributed by atoms with van der Waals surface area (Å²) in [6, 6.07) is 17.5. The van der Waals surface area contributed by atoms with Crippen LogP contribution in [0.2, 0.25) is 0 Å². The first-order valence-corrected chi connectivity index (χ1v) is 12.2. The maximum absolute atomic E-state index is 14.0. The molecule has 1 aliphatic rings. The summed E-state index contributed by atoms with van der Waals surface area (Å²) in [5.74, 6) is -0.185. The van der Waals surface area contributed by atoms with Gasteiger partial charge in [0.05, 0.1) is 13.7 Å². The zero-order valence-electron chi connectivity index (χ0n) is 17.6. The number of benzene rings is 3. The van der Waals surface area contributed by atoms with E-state index in [1.807, 2.05) is 43.3 Å². The molecule has 0 saturated carbocycles. The summed E-state index contributed by atoms with van der Waals surface area (Å²) in [6.45, 7) is 2.36. The van der Waals surface area contributed by atoms with E-state index >= 15 is 0 Å². The lowest BCUT2D eigenvalue weighted by atomic mass is 10.1.